The monoisotopic (exact) mass is 391 g/mol. The Morgan fingerprint density at radius 2 is 1.57 bits per heavy atom. The van der Waals surface area contributed by atoms with Gasteiger partial charge in [0.2, 0.25) is 0 Å². The van der Waals surface area contributed by atoms with Gasteiger partial charge in [-0.3, -0.25) is 9.69 Å². The van der Waals surface area contributed by atoms with Gasteiger partial charge in [0.15, 0.2) is 5.60 Å². The molecule has 5 heteroatoms. The molecule has 5 nitrogen and oxygen atoms in total. The molecule has 0 radical (unpaired) electrons. The summed E-state index contributed by atoms with van der Waals surface area (Å²) >= 11 is 0. The van der Waals surface area contributed by atoms with Crippen molar-refractivity contribution in [2.75, 3.05) is 45.8 Å². The first-order valence-electron chi connectivity index (χ1n) is 12.1. The van der Waals surface area contributed by atoms with E-state index in [4.69, 9.17) is 0 Å². The van der Waals surface area contributed by atoms with Crippen molar-refractivity contribution < 1.29 is 9.90 Å². The lowest BCUT2D eigenvalue weighted by Crippen LogP contribution is -2.60. The number of carbonyl (C=O) groups is 1. The maximum Gasteiger partial charge on any atom is 0.255 e. The van der Waals surface area contributed by atoms with Crippen LogP contribution in [0.1, 0.15) is 77.0 Å². The average Bonchev–Trinajstić information content (AvgIpc) is 3.25. The first-order valence-corrected chi connectivity index (χ1v) is 12.1. The van der Waals surface area contributed by atoms with Crippen LogP contribution in [0.4, 0.5) is 0 Å². The zero-order valence-corrected chi connectivity index (χ0v) is 17.8. The molecule has 1 amide bonds. The molecule has 160 valence electrons. The number of aliphatic hydroxyl groups is 1. The lowest BCUT2D eigenvalue weighted by Gasteiger charge is -2.43. The van der Waals surface area contributed by atoms with Crippen LogP contribution in [0, 0.1) is 5.92 Å². The number of likely N-dealkylation sites (tertiary alicyclic amines) is 3. The minimum absolute atomic E-state index is 0.0104. The van der Waals surface area contributed by atoms with Crippen molar-refractivity contribution in [3.8, 4) is 0 Å². The molecule has 28 heavy (non-hydrogen) atoms. The summed E-state index contributed by atoms with van der Waals surface area (Å²) in [7, 11) is 0. The highest BCUT2D eigenvalue weighted by Gasteiger charge is 2.44. The third kappa shape index (κ3) is 4.91. The van der Waals surface area contributed by atoms with Crippen molar-refractivity contribution in [3.05, 3.63) is 0 Å². The first-order chi connectivity index (χ1) is 13.6. The lowest BCUT2D eigenvalue weighted by atomic mass is 9.86. The van der Waals surface area contributed by atoms with Crippen LogP contribution in [0.5, 0.6) is 0 Å². The molecule has 0 unspecified atom stereocenters. The Kier molecular flexibility index (Phi) is 6.95. The maximum absolute atomic E-state index is 13.1. The molecule has 1 aliphatic carbocycles. The van der Waals surface area contributed by atoms with Gasteiger partial charge in [0, 0.05) is 25.7 Å². The van der Waals surface area contributed by atoms with Crippen LogP contribution in [0.25, 0.3) is 0 Å². The fourth-order valence-corrected chi connectivity index (χ4v) is 6.16. The van der Waals surface area contributed by atoms with Crippen LogP contribution in [0.15, 0.2) is 0 Å². The van der Waals surface area contributed by atoms with E-state index in [9.17, 15) is 9.90 Å². The summed E-state index contributed by atoms with van der Waals surface area (Å²) < 4.78 is 0. The SMILES string of the molecule is O=C1N(CCC2CCCCC2)CCC[C@]1(O)CN1CCC(N2CCCC2)CC1. The van der Waals surface area contributed by atoms with Gasteiger partial charge in [-0.2, -0.15) is 0 Å². The summed E-state index contributed by atoms with van der Waals surface area (Å²) in [4.78, 5) is 20.1. The molecule has 4 rings (SSSR count). The normalized spacial score (nSPS) is 32.3. The molecule has 1 N–H and O–H groups in total. The van der Waals surface area contributed by atoms with Gasteiger partial charge in [-0.05, 0) is 77.0 Å². The van der Waals surface area contributed by atoms with Crippen LogP contribution in [-0.4, -0.2) is 83.2 Å². The van der Waals surface area contributed by atoms with E-state index >= 15 is 0 Å². The van der Waals surface area contributed by atoms with Crippen LogP contribution >= 0.6 is 0 Å². The highest BCUT2D eigenvalue weighted by atomic mass is 16.3. The quantitative estimate of drug-likeness (QED) is 0.756. The van der Waals surface area contributed by atoms with E-state index in [1.807, 2.05) is 4.90 Å². The van der Waals surface area contributed by atoms with Gasteiger partial charge in [0.05, 0.1) is 0 Å². The number of rotatable bonds is 6. The van der Waals surface area contributed by atoms with Crippen LogP contribution in [-0.2, 0) is 4.79 Å². The smallest absolute Gasteiger partial charge is 0.255 e. The Bertz CT molecular complexity index is 508. The van der Waals surface area contributed by atoms with Crippen LogP contribution in [0.3, 0.4) is 0 Å². The van der Waals surface area contributed by atoms with Gasteiger partial charge >= 0.3 is 0 Å². The minimum Gasteiger partial charge on any atom is -0.379 e. The average molecular weight is 392 g/mol. The fourth-order valence-electron chi connectivity index (χ4n) is 6.16. The molecule has 0 aromatic heterocycles. The number of amides is 1. The minimum atomic E-state index is -1.15. The standard InChI is InChI=1S/C23H41N3O2/c27-22-23(28,12-6-15-26(22)18-9-20-7-2-1-3-8-20)19-24-16-10-21(11-17-24)25-13-4-5-14-25/h20-21,28H,1-19H2/t23-/m0/s1. The molecule has 0 spiro atoms. The summed E-state index contributed by atoms with van der Waals surface area (Å²) in [6.07, 6.45) is 14.6. The molecule has 1 saturated carbocycles. The Labute approximate surface area is 171 Å². The second kappa shape index (κ2) is 9.44. The van der Waals surface area contributed by atoms with Gasteiger partial charge < -0.3 is 14.9 Å². The molecular weight excluding hydrogens is 350 g/mol. The number of nitrogens with zero attached hydrogens (tertiary/aromatic N) is 3. The molecule has 1 atom stereocenters. The number of piperidine rings is 2. The maximum atomic E-state index is 13.1. The molecule has 0 bridgehead atoms. The molecule has 0 aromatic rings. The van der Waals surface area contributed by atoms with Gasteiger partial charge in [-0.1, -0.05) is 32.1 Å². The number of hydrogen-bond acceptors (Lipinski definition) is 4. The third-order valence-corrected chi connectivity index (χ3v) is 7.94. The predicted octanol–water partition coefficient (Wildman–Crippen LogP) is 2.87. The Balaban J connectivity index is 1.25. The lowest BCUT2D eigenvalue weighted by molar-refractivity contribution is -0.160. The fraction of sp³-hybridized carbons (Fsp3) is 0.957. The van der Waals surface area contributed by atoms with Crippen LogP contribution in [0.2, 0.25) is 0 Å². The summed E-state index contributed by atoms with van der Waals surface area (Å²) in [5.41, 5.74) is -1.15. The summed E-state index contributed by atoms with van der Waals surface area (Å²) in [6, 6.07) is 0.724. The molecule has 3 saturated heterocycles. The summed E-state index contributed by atoms with van der Waals surface area (Å²) in [5.74, 6) is 0.803. The molecular formula is C23H41N3O2. The Morgan fingerprint density at radius 3 is 2.29 bits per heavy atom. The molecule has 3 aliphatic heterocycles. The van der Waals surface area contributed by atoms with Gasteiger partial charge in [0.25, 0.3) is 5.91 Å². The van der Waals surface area contributed by atoms with Crippen molar-refractivity contribution in [2.24, 2.45) is 5.92 Å². The third-order valence-electron chi connectivity index (χ3n) is 7.94. The van der Waals surface area contributed by atoms with Crippen molar-refractivity contribution >= 4 is 5.91 Å². The summed E-state index contributed by atoms with van der Waals surface area (Å²) in [5, 5.41) is 11.2. The Hall–Kier alpha value is -0.650. The van der Waals surface area contributed by atoms with Gasteiger partial charge in [-0.25, -0.2) is 0 Å². The second-order valence-corrected chi connectivity index (χ2v) is 9.97. The van der Waals surface area contributed by atoms with E-state index < -0.39 is 5.60 Å². The van der Waals surface area contributed by atoms with Crippen molar-refractivity contribution in [2.45, 2.75) is 88.7 Å². The zero-order chi connectivity index (χ0) is 19.4. The zero-order valence-electron chi connectivity index (χ0n) is 17.8. The topological polar surface area (TPSA) is 47.0 Å². The molecule has 0 aromatic carbocycles. The second-order valence-electron chi connectivity index (χ2n) is 9.97. The van der Waals surface area contributed by atoms with Gasteiger partial charge in [-0.15, -0.1) is 0 Å². The highest BCUT2D eigenvalue weighted by Crippen LogP contribution is 2.30. The van der Waals surface area contributed by atoms with Crippen molar-refractivity contribution in [1.82, 2.24) is 14.7 Å². The first kappa shape index (κ1) is 20.6. The van der Waals surface area contributed by atoms with E-state index in [2.05, 4.69) is 9.80 Å². The van der Waals surface area contributed by atoms with Crippen molar-refractivity contribution in [3.63, 3.8) is 0 Å². The number of carbonyl (C=O) groups excluding carboxylic acids is 1. The van der Waals surface area contributed by atoms with E-state index in [1.54, 1.807) is 0 Å². The van der Waals surface area contributed by atoms with E-state index in [-0.39, 0.29) is 5.91 Å². The largest absolute Gasteiger partial charge is 0.379 e. The number of hydrogen-bond donors (Lipinski definition) is 1. The highest BCUT2D eigenvalue weighted by molar-refractivity contribution is 5.86. The molecule has 4 aliphatic rings. The number of β-amino-alcohol motifs (C(OH)–C–C–N with tert-alkyl or cyclic N) is 1. The molecule has 3 heterocycles. The Morgan fingerprint density at radius 1 is 0.857 bits per heavy atom. The molecule has 4 fully saturated rings. The van der Waals surface area contributed by atoms with E-state index in [0.29, 0.717) is 13.0 Å². The predicted molar refractivity (Wildman–Crippen MR) is 112 cm³/mol. The van der Waals surface area contributed by atoms with Crippen LogP contribution < -0.4 is 0 Å². The van der Waals surface area contributed by atoms with E-state index in [0.717, 1.165) is 51.0 Å². The van der Waals surface area contributed by atoms with Crippen molar-refractivity contribution in [1.29, 1.82) is 0 Å². The van der Waals surface area contributed by atoms with Gasteiger partial charge in [0.1, 0.15) is 0 Å². The summed E-state index contributed by atoms with van der Waals surface area (Å²) in [6.45, 7) is 6.82. The van der Waals surface area contributed by atoms with E-state index in [1.165, 1.54) is 70.9 Å².